The molecule has 3 nitrogen and oxygen atoms in total. The van der Waals surface area contributed by atoms with Crippen molar-refractivity contribution in [2.24, 2.45) is 0 Å². The number of hydrogen-bond acceptors (Lipinski definition) is 2. The van der Waals surface area contributed by atoms with E-state index in [1.54, 1.807) is 18.2 Å². The average molecular weight is 337 g/mol. The third-order valence-electron chi connectivity index (χ3n) is 2.77. The van der Waals surface area contributed by atoms with Gasteiger partial charge in [-0.25, -0.2) is 4.39 Å². The summed E-state index contributed by atoms with van der Waals surface area (Å²) in [6, 6.07) is 11.8. The second-order valence-electron chi connectivity index (χ2n) is 4.35. The van der Waals surface area contributed by atoms with E-state index in [2.05, 4.69) is 26.6 Å². The normalized spacial score (nSPS) is 10.2. The van der Waals surface area contributed by atoms with Gasteiger partial charge in [-0.05, 0) is 36.8 Å². The minimum Gasteiger partial charge on any atom is -0.374 e. The van der Waals surface area contributed by atoms with Crippen molar-refractivity contribution in [3.8, 4) is 0 Å². The van der Waals surface area contributed by atoms with Gasteiger partial charge in [-0.1, -0.05) is 34.1 Å². The van der Waals surface area contributed by atoms with Crippen molar-refractivity contribution in [3.63, 3.8) is 0 Å². The summed E-state index contributed by atoms with van der Waals surface area (Å²) in [5.74, 6) is -0.609. The second kappa shape index (κ2) is 6.52. The van der Waals surface area contributed by atoms with E-state index >= 15 is 0 Å². The fraction of sp³-hybridized carbons (Fsp3) is 0.133. The van der Waals surface area contributed by atoms with Crippen LogP contribution < -0.4 is 10.6 Å². The zero-order valence-corrected chi connectivity index (χ0v) is 12.5. The van der Waals surface area contributed by atoms with Gasteiger partial charge in [0.25, 0.3) is 0 Å². The first-order valence-corrected chi connectivity index (χ1v) is 6.90. The zero-order valence-electron chi connectivity index (χ0n) is 10.9. The fourth-order valence-electron chi connectivity index (χ4n) is 1.66. The number of anilines is 2. The van der Waals surface area contributed by atoms with Crippen LogP contribution in [0, 0.1) is 12.7 Å². The van der Waals surface area contributed by atoms with Gasteiger partial charge in [0.15, 0.2) is 0 Å². The highest BCUT2D eigenvalue weighted by Crippen LogP contribution is 2.20. The molecule has 0 saturated heterocycles. The van der Waals surface area contributed by atoms with Gasteiger partial charge in [-0.15, -0.1) is 0 Å². The lowest BCUT2D eigenvalue weighted by atomic mass is 10.2. The number of para-hydroxylation sites is 1. The van der Waals surface area contributed by atoms with E-state index in [1.165, 1.54) is 6.07 Å². The van der Waals surface area contributed by atoms with Gasteiger partial charge in [0.05, 0.1) is 12.2 Å². The molecule has 0 aliphatic carbocycles. The van der Waals surface area contributed by atoms with Gasteiger partial charge in [0.2, 0.25) is 5.91 Å². The Labute approximate surface area is 125 Å². The van der Waals surface area contributed by atoms with E-state index in [0.717, 1.165) is 10.0 Å². The molecular weight excluding hydrogens is 323 g/mol. The standard InChI is InChI=1S/C15H14BrFN2O/c1-10-6-7-11(8-12(10)16)19-15(20)9-18-14-5-3-2-4-13(14)17/h2-8,18H,9H2,1H3,(H,19,20). The summed E-state index contributed by atoms with van der Waals surface area (Å²) in [7, 11) is 0. The first-order valence-electron chi connectivity index (χ1n) is 6.10. The van der Waals surface area contributed by atoms with Crippen LogP contribution in [-0.4, -0.2) is 12.5 Å². The minimum atomic E-state index is -0.376. The lowest BCUT2D eigenvalue weighted by Gasteiger charge is -2.09. The molecule has 0 fully saturated rings. The second-order valence-corrected chi connectivity index (χ2v) is 5.20. The van der Waals surface area contributed by atoms with Gasteiger partial charge in [0, 0.05) is 10.2 Å². The maximum atomic E-state index is 13.4. The molecule has 20 heavy (non-hydrogen) atoms. The molecule has 0 aliphatic heterocycles. The zero-order chi connectivity index (χ0) is 14.5. The van der Waals surface area contributed by atoms with Gasteiger partial charge in [-0.2, -0.15) is 0 Å². The van der Waals surface area contributed by atoms with Crippen LogP contribution in [0.3, 0.4) is 0 Å². The molecule has 0 saturated carbocycles. The van der Waals surface area contributed by atoms with Crippen molar-refractivity contribution in [1.29, 1.82) is 0 Å². The highest BCUT2D eigenvalue weighted by Gasteiger charge is 2.05. The lowest BCUT2D eigenvalue weighted by molar-refractivity contribution is -0.114. The van der Waals surface area contributed by atoms with Crippen LogP contribution in [0.2, 0.25) is 0 Å². The highest BCUT2D eigenvalue weighted by atomic mass is 79.9. The van der Waals surface area contributed by atoms with Gasteiger partial charge in [0.1, 0.15) is 5.82 Å². The van der Waals surface area contributed by atoms with Crippen LogP contribution in [-0.2, 0) is 4.79 Å². The predicted octanol–water partition coefficient (Wildman–Crippen LogP) is 3.95. The Kier molecular flexibility index (Phi) is 4.74. The molecule has 0 unspecified atom stereocenters. The molecule has 0 aromatic heterocycles. The molecule has 2 N–H and O–H groups in total. The first kappa shape index (κ1) is 14.5. The maximum absolute atomic E-state index is 13.4. The monoisotopic (exact) mass is 336 g/mol. The molecule has 5 heteroatoms. The van der Waals surface area contributed by atoms with E-state index in [1.807, 2.05) is 25.1 Å². The average Bonchev–Trinajstić information content (AvgIpc) is 2.42. The topological polar surface area (TPSA) is 41.1 Å². The number of benzene rings is 2. The van der Waals surface area contributed by atoms with Gasteiger partial charge in [-0.3, -0.25) is 4.79 Å². The van der Waals surface area contributed by atoms with Crippen LogP contribution in [0.4, 0.5) is 15.8 Å². The fourth-order valence-corrected chi connectivity index (χ4v) is 2.03. The van der Waals surface area contributed by atoms with Crippen molar-refractivity contribution in [2.45, 2.75) is 6.92 Å². The summed E-state index contributed by atoms with van der Waals surface area (Å²) in [6.45, 7) is 1.97. The number of halogens is 2. The van der Waals surface area contributed by atoms with Crippen molar-refractivity contribution in [3.05, 3.63) is 58.3 Å². The Morgan fingerprint density at radius 3 is 2.70 bits per heavy atom. The number of carbonyl (C=O) groups is 1. The van der Waals surface area contributed by atoms with Crippen LogP contribution >= 0.6 is 15.9 Å². The molecule has 0 atom stereocenters. The van der Waals surface area contributed by atoms with Crippen molar-refractivity contribution in [2.75, 3.05) is 17.2 Å². The largest absolute Gasteiger partial charge is 0.374 e. The van der Waals surface area contributed by atoms with Gasteiger partial charge < -0.3 is 10.6 Å². The molecule has 104 valence electrons. The Hall–Kier alpha value is -1.88. The van der Waals surface area contributed by atoms with E-state index in [-0.39, 0.29) is 18.3 Å². The molecular formula is C15H14BrFN2O. The summed E-state index contributed by atoms with van der Waals surface area (Å²) in [5, 5.41) is 5.51. The van der Waals surface area contributed by atoms with E-state index < -0.39 is 0 Å². The summed E-state index contributed by atoms with van der Waals surface area (Å²) in [4.78, 5) is 11.8. The number of nitrogens with one attached hydrogen (secondary N) is 2. The number of amides is 1. The maximum Gasteiger partial charge on any atom is 0.243 e. The number of rotatable bonds is 4. The molecule has 2 aromatic rings. The smallest absolute Gasteiger partial charge is 0.243 e. The molecule has 1 amide bonds. The first-order chi connectivity index (χ1) is 9.56. The summed E-state index contributed by atoms with van der Waals surface area (Å²) in [5.41, 5.74) is 2.10. The molecule has 0 bridgehead atoms. The number of aryl methyl sites for hydroxylation is 1. The summed E-state index contributed by atoms with van der Waals surface area (Å²) >= 11 is 3.40. The van der Waals surface area contributed by atoms with Crippen LogP contribution in [0.15, 0.2) is 46.9 Å². The Morgan fingerprint density at radius 2 is 2.00 bits per heavy atom. The molecule has 2 aromatic carbocycles. The van der Waals surface area contributed by atoms with Crippen molar-refractivity contribution < 1.29 is 9.18 Å². The third kappa shape index (κ3) is 3.81. The predicted molar refractivity (Wildman–Crippen MR) is 82.4 cm³/mol. The van der Waals surface area contributed by atoms with E-state index in [4.69, 9.17) is 0 Å². The summed E-state index contributed by atoms with van der Waals surface area (Å²) < 4.78 is 14.3. The van der Waals surface area contributed by atoms with E-state index in [0.29, 0.717) is 11.4 Å². The van der Waals surface area contributed by atoms with E-state index in [9.17, 15) is 9.18 Å². The Balaban J connectivity index is 1.93. The molecule has 2 rings (SSSR count). The number of carbonyl (C=O) groups excluding carboxylic acids is 1. The Bertz CT molecular complexity index is 631. The molecule has 0 radical (unpaired) electrons. The molecule has 0 spiro atoms. The minimum absolute atomic E-state index is 0.00638. The summed E-state index contributed by atoms with van der Waals surface area (Å²) in [6.07, 6.45) is 0. The van der Waals surface area contributed by atoms with Crippen LogP contribution in [0.5, 0.6) is 0 Å². The van der Waals surface area contributed by atoms with Gasteiger partial charge >= 0.3 is 0 Å². The molecule has 0 heterocycles. The lowest BCUT2D eigenvalue weighted by Crippen LogP contribution is -2.22. The molecule has 0 aliphatic rings. The van der Waals surface area contributed by atoms with Crippen LogP contribution in [0.25, 0.3) is 0 Å². The van der Waals surface area contributed by atoms with Crippen molar-refractivity contribution in [1.82, 2.24) is 0 Å². The quantitative estimate of drug-likeness (QED) is 0.887. The van der Waals surface area contributed by atoms with Crippen LogP contribution in [0.1, 0.15) is 5.56 Å². The SMILES string of the molecule is Cc1ccc(NC(=O)CNc2ccccc2F)cc1Br. The highest BCUT2D eigenvalue weighted by molar-refractivity contribution is 9.10. The Morgan fingerprint density at radius 1 is 1.25 bits per heavy atom. The van der Waals surface area contributed by atoms with Crippen molar-refractivity contribution >= 4 is 33.2 Å². The number of hydrogen-bond donors (Lipinski definition) is 2. The third-order valence-corrected chi connectivity index (χ3v) is 3.62.